The highest BCUT2D eigenvalue weighted by Crippen LogP contribution is 2.25. The molecule has 25 heavy (non-hydrogen) atoms. The van der Waals surface area contributed by atoms with E-state index >= 15 is 0 Å². The smallest absolute Gasteiger partial charge is 0.241 e. The maximum absolute atomic E-state index is 13.0. The van der Waals surface area contributed by atoms with Gasteiger partial charge < -0.3 is 10.6 Å². The van der Waals surface area contributed by atoms with Gasteiger partial charge in [0.2, 0.25) is 11.8 Å². The number of rotatable bonds is 6. The Hall–Kier alpha value is -1.88. The van der Waals surface area contributed by atoms with Gasteiger partial charge >= 0.3 is 0 Å². The molecule has 1 aliphatic rings. The van der Waals surface area contributed by atoms with Crippen molar-refractivity contribution >= 4 is 17.5 Å². The van der Waals surface area contributed by atoms with Crippen LogP contribution in [0.4, 0.5) is 5.69 Å². The van der Waals surface area contributed by atoms with Crippen molar-refractivity contribution in [1.29, 1.82) is 0 Å². The second-order valence-corrected chi connectivity index (χ2v) is 6.92. The Morgan fingerprint density at radius 2 is 1.92 bits per heavy atom. The van der Waals surface area contributed by atoms with Gasteiger partial charge in [0.1, 0.15) is 0 Å². The van der Waals surface area contributed by atoms with Gasteiger partial charge in [0, 0.05) is 12.7 Å². The van der Waals surface area contributed by atoms with E-state index in [2.05, 4.69) is 22.5 Å². The zero-order chi connectivity index (χ0) is 18.4. The van der Waals surface area contributed by atoms with Crippen molar-refractivity contribution < 1.29 is 9.59 Å². The van der Waals surface area contributed by atoms with E-state index in [9.17, 15) is 9.59 Å². The molecule has 0 bridgehead atoms. The predicted molar refractivity (Wildman–Crippen MR) is 102 cm³/mol. The number of nitrogens with zero attached hydrogens (tertiary/aromatic N) is 1. The monoisotopic (exact) mass is 345 g/mol. The number of carbonyl (C=O) groups excluding carboxylic acids is 2. The fraction of sp³-hybridized carbons (Fsp3) is 0.600. The van der Waals surface area contributed by atoms with Crippen molar-refractivity contribution in [2.45, 2.75) is 65.0 Å². The maximum Gasteiger partial charge on any atom is 0.241 e. The Morgan fingerprint density at radius 1 is 1.24 bits per heavy atom. The lowest BCUT2D eigenvalue weighted by Crippen LogP contribution is -2.56. The standard InChI is InChI=1S/C20H31N3O2/c1-5-9-16(19(24)21-4)23-13-7-6-12-17(23)20(25)22-18-14(2)10-8-11-15(18)3/h8,10-11,16-17H,5-7,9,12-13H2,1-4H3,(H,21,24)(H,22,25)/t16?,17-/m0/s1. The van der Waals surface area contributed by atoms with Gasteiger partial charge in [-0.05, 0) is 50.8 Å². The number of piperidine rings is 1. The number of nitrogens with one attached hydrogen (secondary N) is 2. The molecular weight excluding hydrogens is 314 g/mol. The zero-order valence-corrected chi connectivity index (χ0v) is 15.9. The zero-order valence-electron chi connectivity index (χ0n) is 15.9. The van der Waals surface area contributed by atoms with Crippen LogP contribution in [0.2, 0.25) is 0 Å². The number of likely N-dealkylation sites (N-methyl/N-ethyl adjacent to an activating group) is 1. The summed E-state index contributed by atoms with van der Waals surface area (Å²) in [5.41, 5.74) is 3.02. The van der Waals surface area contributed by atoms with Gasteiger partial charge in [-0.2, -0.15) is 0 Å². The molecule has 5 heteroatoms. The molecular formula is C20H31N3O2. The van der Waals surface area contributed by atoms with Gasteiger partial charge in [0.15, 0.2) is 0 Å². The molecule has 2 atom stereocenters. The number of hydrogen-bond donors (Lipinski definition) is 2. The molecule has 1 unspecified atom stereocenters. The van der Waals surface area contributed by atoms with E-state index in [0.29, 0.717) is 0 Å². The third-order valence-electron chi connectivity index (χ3n) is 5.09. The minimum atomic E-state index is -0.249. The lowest BCUT2D eigenvalue weighted by atomic mass is 9.96. The second-order valence-electron chi connectivity index (χ2n) is 6.92. The lowest BCUT2D eigenvalue weighted by Gasteiger charge is -2.39. The van der Waals surface area contributed by atoms with Gasteiger partial charge in [0.25, 0.3) is 0 Å². The topological polar surface area (TPSA) is 61.4 Å². The number of amides is 2. The highest BCUT2D eigenvalue weighted by Gasteiger charge is 2.36. The van der Waals surface area contributed by atoms with Crippen LogP contribution in [0.1, 0.15) is 50.2 Å². The average molecular weight is 345 g/mol. The van der Waals surface area contributed by atoms with E-state index < -0.39 is 0 Å². The van der Waals surface area contributed by atoms with Gasteiger partial charge in [-0.25, -0.2) is 0 Å². The highest BCUT2D eigenvalue weighted by atomic mass is 16.2. The number of hydrogen-bond acceptors (Lipinski definition) is 3. The Labute approximate surface area is 151 Å². The fourth-order valence-electron chi connectivity index (χ4n) is 3.71. The highest BCUT2D eigenvalue weighted by molar-refractivity contribution is 5.96. The Morgan fingerprint density at radius 3 is 2.52 bits per heavy atom. The summed E-state index contributed by atoms with van der Waals surface area (Å²) in [5, 5.41) is 5.88. The molecule has 1 saturated heterocycles. The summed E-state index contributed by atoms with van der Waals surface area (Å²) in [5.74, 6) is 0.00993. The fourth-order valence-corrected chi connectivity index (χ4v) is 3.71. The second kappa shape index (κ2) is 8.99. The minimum absolute atomic E-state index is 0.00195. The van der Waals surface area contributed by atoms with E-state index in [0.717, 1.165) is 55.5 Å². The number of aryl methyl sites for hydroxylation is 2. The molecule has 0 aliphatic carbocycles. The van der Waals surface area contributed by atoms with E-state index in [1.54, 1.807) is 7.05 Å². The van der Waals surface area contributed by atoms with Crippen LogP contribution >= 0.6 is 0 Å². The molecule has 1 aromatic carbocycles. The SMILES string of the molecule is CCCC(C(=O)NC)N1CCCC[C@H]1C(=O)Nc1c(C)cccc1C. The van der Waals surface area contributed by atoms with Crippen molar-refractivity contribution in [2.75, 3.05) is 18.9 Å². The van der Waals surface area contributed by atoms with Crippen molar-refractivity contribution in [3.8, 4) is 0 Å². The number of carbonyl (C=O) groups is 2. The summed E-state index contributed by atoms with van der Waals surface area (Å²) >= 11 is 0. The van der Waals surface area contributed by atoms with Crippen LogP contribution in [-0.4, -0.2) is 42.4 Å². The number of para-hydroxylation sites is 1. The minimum Gasteiger partial charge on any atom is -0.358 e. The molecule has 2 N–H and O–H groups in total. The predicted octanol–water partition coefficient (Wildman–Crippen LogP) is 3.01. The largest absolute Gasteiger partial charge is 0.358 e. The van der Waals surface area contributed by atoms with Crippen LogP contribution in [0, 0.1) is 13.8 Å². The summed E-state index contributed by atoms with van der Waals surface area (Å²) in [7, 11) is 1.67. The van der Waals surface area contributed by atoms with Gasteiger partial charge in [0.05, 0.1) is 12.1 Å². The molecule has 2 amide bonds. The summed E-state index contributed by atoms with van der Waals surface area (Å²) < 4.78 is 0. The number of anilines is 1. The number of likely N-dealkylation sites (tertiary alicyclic amines) is 1. The van der Waals surface area contributed by atoms with Crippen LogP contribution in [0.5, 0.6) is 0 Å². The van der Waals surface area contributed by atoms with Crippen molar-refractivity contribution in [2.24, 2.45) is 0 Å². The first kappa shape index (κ1) is 19.4. The molecule has 0 aromatic heterocycles. The first-order valence-corrected chi connectivity index (χ1v) is 9.34. The van der Waals surface area contributed by atoms with Crippen LogP contribution < -0.4 is 10.6 Å². The Bertz CT molecular complexity index is 595. The Kier molecular flexibility index (Phi) is 7.00. The van der Waals surface area contributed by atoms with Crippen LogP contribution in [0.15, 0.2) is 18.2 Å². The van der Waals surface area contributed by atoms with Gasteiger partial charge in [-0.3, -0.25) is 14.5 Å². The molecule has 0 saturated carbocycles. The molecule has 1 aromatic rings. The molecule has 0 spiro atoms. The quantitative estimate of drug-likeness (QED) is 0.833. The average Bonchev–Trinajstić information content (AvgIpc) is 2.62. The molecule has 0 radical (unpaired) electrons. The van der Waals surface area contributed by atoms with Crippen molar-refractivity contribution in [3.63, 3.8) is 0 Å². The third kappa shape index (κ3) is 4.60. The van der Waals surface area contributed by atoms with Crippen LogP contribution in [-0.2, 0) is 9.59 Å². The molecule has 2 rings (SSSR count). The first-order valence-electron chi connectivity index (χ1n) is 9.34. The van der Waals surface area contributed by atoms with E-state index in [1.807, 2.05) is 32.0 Å². The summed E-state index contributed by atoms with van der Waals surface area (Å²) in [6.07, 6.45) is 4.54. The van der Waals surface area contributed by atoms with Crippen molar-refractivity contribution in [3.05, 3.63) is 29.3 Å². The summed E-state index contributed by atoms with van der Waals surface area (Å²) in [6.45, 7) is 6.88. The normalized spacial score (nSPS) is 19.3. The summed E-state index contributed by atoms with van der Waals surface area (Å²) in [6, 6.07) is 5.53. The van der Waals surface area contributed by atoms with Crippen molar-refractivity contribution in [1.82, 2.24) is 10.2 Å². The van der Waals surface area contributed by atoms with Gasteiger partial charge in [-0.1, -0.05) is 38.0 Å². The molecule has 1 aliphatic heterocycles. The molecule has 5 nitrogen and oxygen atoms in total. The van der Waals surface area contributed by atoms with E-state index in [-0.39, 0.29) is 23.9 Å². The molecule has 138 valence electrons. The van der Waals surface area contributed by atoms with E-state index in [4.69, 9.17) is 0 Å². The van der Waals surface area contributed by atoms with Crippen LogP contribution in [0.3, 0.4) is 0 Å². The van der Waals surface area contributed by atoms with Gasteiger partial charge in [-0.15, -0.1) is 0 Å². The third-order valence-corrected chi connectivity index (χ3v) is 5.09. The van der Waals surface area contributed by atoms with E-state index in [1.165, 1.54) is 0 Å². The van der Waals surface area contributed by atoms with Crippen LogP contribution in [0.25, 0.3) is 0 Å². The number of benzene rings is 1. The maximum atomic E-state index is 13.0. The first-order chi connectivity index (χ1) is 12.0. The molecule has 1 heterocycles. The molecule has 1 fully saturated rings. The Balaban J connectivity index is 2.21. The summed E-state index contributed by atoms with van der Waals surface area (Å²) in [4.78, 5) is 27.5. The lowest BCUT2D eigenvalue weighted by molar-refractivity contribution is -0.131.